The Morgan fingerprint density at radius 2 is 2.11 bits per heavy atom. The maximum absolute atomic E-state index is 10.7. The minimum Gasteiger partial charge on any atom is -0.390 e. The number of hydrogen-bond acceptors (Lipinski definition) is 2. The molecule has 1 aliphatic rings. The van der Waals surface area contributed by atoms with Gasteiger partial charge in [0.25, 0.3) is 0 Å². The lowest BCUT2D eigenvalue weighted by atomic mass is 9.78. The minimum absolute atomic E-state index is 0.561. The molecule has 2 nitrogen and oxygen atoms in total. The van der Waals surface area contributed by atoms with Gasteiger partial charge in [-0.1, -0.05) is 40.5 Å². The summed E-state index contributed by atoms with van der Waals surface area (Å²) in [4.78, 5) is 0. The van der Waals surface area contributed by atoms with Crippen molar-refractivity contribution in [3.8, 4) is 0 Å². The van der Waals surface area contributed by atoms with Crippen LogP contribution in [0.2, 0.25) is 5.02 Å². The molecule has 0 spiro atoms. The molecule has 0 aromatic heterocycles. The van der Waals surface area contributed by atoms with E-state index in [-0.39, 0.29) is 0 Å². The summed E-state index contributed by atoms with van der Waals surface area (Å²) in [5, 5.41) is 14.9. The summed E-state index contributed by atoms with van der Waals surface area (Å²) in [6, 6.07) is 6.44. The molecule has 0 heterocycles. The SMILES string of the molecule is CCNC1CCC(O)(Cc2ccc(Br)cc2Cl)CC1. The van der Waals surface area contributed by atoms with Crippen LogP contribution in [-0.4, -0.2) is 23.3 Å². The number of halogens is 2. The van der Waals surface area contributed by atoms with Gasteiger partial charge in [0.15, 0.2) is 0 Å². The van der Waals surface area contributed by atoms with Crippen molar-refractivity contribution in [2.75, 3.05) is 6.54 Å². The molecule has 2 rings (SSSR count). The van der Waals surface area contributed by atoms with Gasteiger partial charge in [0.1, 0.15) is 0 Å². The van der Waals surface area contributed by atoms with E-state index in [2.05, 4.69) is 28.2 Å². The second-order valence-corrected chi connectivity index (χ2v) is 6.79. The Hall–Kier alpha value is -0.0900. The molecule has 1 aromatic rings. The molecule has 0 amide bonds. The molecule has 2 N–H and O–H groups in total. The molecule has 0 saturated heterocycles. The van der Waals surface area contributed by atoms with Crippen LogP contribution in [0.15, 0.2) is 22.7 Å². The average molecular weight is 347 g/mol. The second kappa shape index (κ2) is 6.57. The van der Waals surface area contributed by atoms with E-state index in [1.54, 1.807) is 0 Å². The smallest absolute Gasteiger partial charge is 0.0689 e. The van der Waals surface area contributed by atoms with Crippen LogP contribution in [0.1, 0.15) is 38.2 Å². The summed E-state index contributed by atoms with van der Waals surface area (Å²) < 4.78 is 0.976. The molecule has 0 unspecified atom stereocenters. The molecule has 19 heavy (non-hydrogen) atoms. The Kier molecular flexibility index (Phi) is 5.29. The van der Waals surface area contributed by atoms with Gasteiger partial charge in [0.05, 0.1) is 5.60 Å². The summed E-state index contributed by atoms with van der Waals surface area (Å²) in [7, 11) is 0. The van der Waals surface area contributed by atoms with Crippen LogP contribution in [0, 0.1) is 0 Å². The van der Waals surface area contributed by atoms with E-state index < -0.39 is 5.60 Å². The summed E-state index contributed by atoms with van der Waals surface area (Å²) in [5.41, 5.74) is 0.443. The number of hydrogen-bond donors (Lipinski definition) is 2. The topological polar surface area (TPSA) is 32.3 Å². The van der Waals surface area contributed by atoms with Gasteiger partial charge in [-0.15, -0.1) is 0 Å². The van der Waals surface area contributed by atoms with Crippen molar-refractivity contribution < 1.29 is 5.11 Å². The molecular formula is C15H21BrClNO. The van der Waals surface area contributed by atoms with E-state index in [4.69, 9.17) is 11.6 Å². The van der Waals surface area contributed by atoms with Crippen molar-refractivity contribution in [1.82, 2.24) is 5.32 Å². The lowest BCUT2D eigenvalue weighted by Gasteiger charge is -2.36. The van der Waals surface area contributed by atoms with Gasteiger partial charge in [0, 0.05) is 22.0 Å². The summed E-state index contributed by atoms with van der Waals surface area (Å²) in [6.45, 7) is 3.13. The molecule has 0 bridgehead atoms. The Balaban J connectivity index is 1.99. The summed E-state index contributed by atoms with van der Waals surface area (Å²) in [5.74, 6) is 0. The lowest BCUT2D eigenvalue weighted by Crippen LogP contribution is -2.42. The molecule has 0 radical (unpaired) electrons. The largest absolute Gasteiger partial charge is 0.390 e. The molecule has 1 fully saturated rings. The zero-order valence-electron chi connectivity index (χ0n) is 11.3. The van der Waals surface area contributed by atoms with E-state index >= 15 is 0 Å². The maximum Gasteiger partial charge on any atom is 0.0689 e. The highest BCUT2D eigenvalue weighted by Crippen LogP contribution is 2.34. The van der Waals surface area contributed by atoms with E-state index in [0.29, 0.717) is 12.5 Å². The molecule has 1 aliphatic carbocycles. The number of rotatable bonds is 4. The number of aliphatic hydroxyl groups is 1. The predicted molar refractivity (Wildman–Crippen MR) is 83.7 cm³/mol. The highest BCUT2D eigenvalue weighted by atomic mass is 79.9. The van der Waals surface area contributed by atoms with Gasteiger partial charge in [-0.05, 0) is 49.9 Å². The Morgan fingerprint density at radius 1 is 1.42 bits per heavy atom. The van der Waals surface area contributed by atoms with Crippen LogP contribution in [0.25, 0.3) is 0 Å². The van der Waals surface area contributed by atoms with Gasteiger partial charge in [-0.25, -0.2) is 0 Å². The van der Waals surface area contributed by atoms with Crippen molar-refractivity contribution in [2.45, 2.75) is 50.7 Å². The number of benzene rings is 1. The van der Waals surface area contributed by atoms with Crippen molar-refractivity contribution in [2.24, 2.45) is 0 Å². The minimum atomic E-state index is -0.594. The molecule has 1 saturated carbocycles. The molecule has 4 heteroatoms. The van der Waals surface area contributed by atoms with Crippen LogP contribution in [0.5, 0.6) is 0 Å². The van der Waals surface area contributed by atoms with Gasteiger partial charge >= 0.3 is 0 Å². The van der Waals surface area contributed by atoms with Crippen LogP contribution in [0.4, 0.5) is 0 Å². The molecular weight excluding hydrogens is 326 g/mol. The predicted octanol–water partition coefficient (Wildman–Crippen LogP) is 3.93. The van der Waals surface area contributed by atoms with Crippen LogP contribution in [-0.2, 0) is 6.42 Å². The second-order valence-electron chi connectivity index (χ2n) is 5.47. The highest BCUT2D eigenvalue weighted by molar-refractivity contribution is 9.10. The fraction of sp³-hybridized carbons (Fsp3) is 0.600. The van der Waals surface area contributed by atoms with E-state index in [1.807, 2.05) is 18.2 Å². The number of nitrogens with one attached hydrogen (secondary N) is 1. The molecule has 106 valence electrons. The van der Waals surface area contributed by atoms with Crippen molar-refractivity contribution in [1.29, 1.82) is 0 Å². The Morgan fingerprint density at radius 3 is 2.68 bits per heavy atom. The first-order chi connectivity index (χ1) is 9.02. The van der Waals surface area contributed by atoms with Crippen molar-refractivity contribution >= 4 is 27.5 Å². The average Bonchev–Trinajstić information content (AvgIpc) is 2.36. The van der Waals surface area contributed by atoms with E-state index in [1.165, 1.54) is 0 Å². The third-order valence-electron chi connectivity index (χ3n) is 3.94. The molecule has 0 aliphatic heterocycles. The summed E-state index contributed by atoms with van der Waals surface area (Å²) >= 11 is 9.64. The first-order valence-electron chi connectivity index (χ1n) is 6.92. The monoisotopic (exact) mass is 345 g/mol. The quantitative estimate of drug-likeness (QED) is 0.866. The van der Waals surface area contributed by atoms with Gasteiger partial charge in [-0.2, -0.15) is 0 Å². The lowest BCUT2D eigenvalue weighted by molar-refractivity contribution is -0.00293. The van der Waals surface area contributed by atoms with Gasteiger partial charge < -0.3 is 10.4 Å². The summed E-state index contributed by atoms with van der Waals surface area (Å²) in [6.07, 6.45) is 4.42. The van der Waals surface area contributed by atoms with Gasteiger partial charge in [-0.3, -0.25) is 0 Å². The first kappa shape index (κ1) is 15.3. The molecule has 1 aromatic carbocycles. The maximum atomic E-state index is 10.7. The third-order valence-corrected chi connectivity index (χ3v) is 4.79. The standard InChI is InChI=1S/C15H21BrClNO/c1-2-18-13-5-7-15(19,8-6-13)10-11-3-4-12(16)9-14(11)17/h3-4,9,13,18-19H,2,5-8,10H2,1H3. The van der Waals surface area contributed by atoms with Crippen molar-refractivity contribution in [3.63, 3.8) is 0 Å². The zero-order chi connectivity index (χ0) is 13.9. The Bertz CT molecular complexity index is 430. The van der Waals surface area contributed by atoms with Gasteiger partial charge in [0.2, 0.25) is 0 Å². The van der Waals surface area contributed by atoms with Crippen LogP contribution >= 0.6 is 27.5 Å². The third kappa shape index (κ3) is 4.19. The first-order valence-corrected chi connectivity index (χ1v) is 8.09. The van der Waals surface area contributed by atoms with Crippen LogP contribution in [0.3, 0.4) is 0 Å². The fourth-order valence-corrected chi connectivity index (χ4v) is 3.58. The highest BCUT2D eigenvalue weighted by Gasteiger charge is 2.33. The van der Waals surface area contributed by atoms with E-state index in [9.17, 15) is 5.11 Å². The molecule has 0 atom stereocenters. The Labute approximate surface area is 128 Å². The van der Waals surface area contributed by atoms with E-state index in [0.717, 1.165) is 47.3 Å². The fourth-order valence-electron chi connectivity index (χ4n) is 2.84. The van der Waals surface area contributed by atoms with Crippen LogP contribution < -0.4 is 5.32 Å². The van der Waals surface area contributed by atoms with Crippen molar-refractivity contribution in [3.05, 3.63) is 33.3 Å². The zero-order valence-corrected chi connectivity index (χ0v) is 13.6. The normalized spacial score (nSPS) is 27.5.